The average Bonchev–Trinajstić information content (AvgIpc) is 2.62. The Hall–Kier alpha value is -1.81. The Balaban J connectivity index is 2.47. The van der Waals surface area contributed by atoms with Crippen molar-refractivity contribution in [3.05, 3.63) is 46.4 Å². The van der Waals surface area contributed by atoms with E-state index in [1.54, 1.807) is 12.1 Å². The van der Waals surface area contributed by atoms with Gasteiger partial charge in [-0.2, -0.15) is 0 Å². The van der Waals surface area contributed by atoms with Crippen LogP contribution in [0, 0.1) is 0 Å². The van der Waals surface area contributed by atoms with Crippen LogP contribution in [-0.2, 0) is 7.05 Å². The summed E-state index contributed by atoms with van der Waals surface area (Å²) in [5.41, 5.74) is 2.33. The second kappa shape index (κ2) is 3.85. The van der Waals surface area contributed by atoms with Crippen LogP contribution in [-0.4, -0.2) is 15.6 Å². The molecule has 0 amide bonds. The normalized spacial score (nSPS) is 11.2. The number of carboxylic acid groups (broad SMARTS) is 1. The maximum Gasteiger partial charge on any atom is 0.335 e. The molecule has 3 nitrogen and oxygen atoms in total. The lowest BCUT2D eigenvalue weighted by Crippen LogP contribution is -1.96. The van der Waals surface area contributed by atoms with Gasteiger partial charge in [0.2, 0.25) is 0 Å². The van der Waals surface area contributed by atoms with E-state index in [2.05, 4.69) is 15.9 Å². The smallest absolute Gasteiger partial charge is 0.335 e. The van der Waals surface area contributed by atoms with Crippen LogP contribution in [0.25, 0.3) is 21.8 Å². The van der Waals surface area contributed by atoms with Gasteiger partial charge in [0.15, 0.2) is 0 Å². The van der Waals surface area contributed by atoms with Crippen LogP contribution < -0.4 is 0 Å². The first-order valence-electron chi connectivity index (χ1n) is 5.49. The third-order valence-electron chi connectivity index (χ3n) is 3.22. The third-order valence-corrected chi connectivity index (χ3v) is 3.71. The Kier molecular flexibility index (Phi) is 2.41. The summed E-state index contributed by atoms with van der Waals surface area (Å²) in [6.45, 7) is 0. The van der Waals surface area contributed by atoms with Gasteiger partial charge >= 0.3 is 5.97 Å². The number of halogens is 1. The number of carbonyl (C=O) groups is 1. The van der Waals surface area contributed by atoms with Crippen molar-refractivity contribution in [1.29, 1.82) is 0 Å². The van der Waals surface area contributed by atoms with E-state index >= 15 is 0 Å². The van der Waals surface area contributed by atoms with Crippen LogP contribution in [0.2, 0.25) is 0 Å². The third kappa shape index (κ3) is 1.53. The molecule has 3 rings (SSSR count). The number of fused-ring (bicyclic) bond motifs is 3. The van der Waals surface area contributed by atoms with Crippen LogP contribution in [0.1, 0.15) is 10.4 Å². The summed E-state index contributed by atoms with van der Waals surface area (Å²) in [5.74, 6) is -0.900. The van der Waals surface area contributed by atoms with Crippen molar-refractivity contribution >= 4 is 43.7 Å². The van der Waals surface area contributed by atoms with E-state index in [0.717, 1.165) is 26.3 Å². The number of aromatic carboxylic acids is 1. The molecule has 1 heterocycles. The van der Waals surface area contributed by atoms with E-state index in [1.807, 2.05) is 35.9 Å². The molecule has 0 aliphatic carbocycles. The summed E-state index contributed by atoms with van der Waals surface area (Å²) < 4.78 is 3.03. The summed E-state index contributed by atoms with van der Waals surface area (Å²) >= 11 is 3.45. The molecule has 0 aliphatic rings. The molecule has 3 aromatic rings. The Bertz CT molecular complexity index is 789. The second-order valence-corrected chi connectivity index (χ2v) is 5.17. The van der Waals surface area contributed by atoms with E-state index in [-0.39, 0.29) is 0 Å². The molecule has 1 aromatic heterocycles. The SMILES string of the molecule is Cn1c2cc(Br)ccc2c2ccc(C(=O)O)cc21. The van der Waals surface area contributed by atoms with Crippen molar-refractivity contribution < 1.29 is 9.90 Å². The van der Waals surface area contributed by atoms with Gasteiger partial charge in [0, 0.05) is 33.3 Å². The highest BCUT2D eigenvalue weighted by Crippen LogP contribution is 2.30. The topological polar surface area (TPSA) is 42.2 Å². The molecule has 0 radical (unpaired) electrons. The molecule has 18 heavy (non-hydrogen) atoms. The number of nitrogens with zero attached hydrogens (tertiary/aromatic N) is 1. The molecule has 90 valence electrons. The van der Waals surface area contributed by atoms with E-state index in [0.29, 0.717) is 5.56 Å². The zero-order valence-corrected chi connectivity index (χ0v) is 11.2. The number of rotatable bonds is 1. The van der Waals surface area contributed by atoms with Crippen LogP contribution in [0.5, 0.6) is 0 Å². The molecule has 0 bridgehead atoms. The fourth-order valence-electron chi connectivity index (χ4n) is 2.31. The molecule has 4 heteroatoms. The van der Waals surface area contributed by atoms with Crippen molar-refractivity contribution in [2.24, 2.45) is 7.05 Å². The lowest BCUT2D eigenvalue weighted by atomic mass is 10.1. The highest BCUT2D eigenvalue weighted by Gasteiger charge is 2.11. The summed E-state index contributed by atoms with van der Waals surface area (Å²) in [7, 11) is 1.95. The van der Waals surface area contributed by atoms with Crippen molar-refractivity contribution in [2.75, 3.05) is 0 Å². The standard InChI is InChI=1S/C14H10BrNO2/c1-16-12-6-8(14(17)18)2-4-10(12)11-5-3-9(15)7-13(11)16/h2-7H,1H3,(H,17,18). The minimum Gasteiger partial charge on any atom is -0.478 e. The number of hydrogen-bond acceptors (Lipinski definition) is 1. The van der Waals surface area contributed by atoms with Gasteiger partial charge in [0.05, 0.1) is 5.56 Å². The predicted octanol–water partition coefficient (Wildman–Crippen LogP) is 3.79. The fraction of sp³-hybridized carbons (Fsp3) is 0.0714. The van der Waals surface area contributed by atoms with Gasteiger partial charge in [-0.3, -0.25) is 0 Å². The summed E-state index contributed by atoms with van der Waals surface area (Å²) in [5, 5.41) is 11.2. The molecule has 0 saturated carbocycles. The Morgan fingerprint density at radius 2 is 1.72 bits per heavy atom. The largest absolute Gasteiger partial charge is 0.478 e. The molecule has 2 aromatic carbocycles. The van der Waals surface area contributed by atoms with Crippen molar-refractivity contribution in [2.45, 2.75) is 0 Å². The zero-order chi connectivity index (χ0) is 12.9. The van der Waals surface area contributed by atoms with Gasteiger partial charge in [-0.15, -0.1) is 0 Å². The molecule has 0 aliphatic heterocycles. The van der Waals surface area contributed by atoms with Crippen LogP contribution in [0.4, 0.5) is 0 Å². The fourth-order valence-corrected chi connectivity index (χ4v) is 2.66. The van der Waals surface area contributed by atoms with Crippen LogP contribution in [0.15, 0.2) is 40.9 Å². The number of carboxylic acids is 1. The van der Waals surface area contributed by atoms with Crippen molar-refractivity contribution in [3.63, 3.8) is 0 Å². The molecule has 0 unspecified atom stereocenters. The first-order chi connectivity index (χ1) is 8.58. The average molecular weight is 304 g/mol. The van der Waals surface area contributed by atoms with Gasteiger partial charge in [0.1, 0.15) is 0 Å². The molecule has 1 N–H and O–H groups in total. The van der Waals surface area contributed by atoms with E-state index in [4.69, 9.17) is 5.11 Å². The Morgan fingerprint density at radius 3 is 2.39 bits per heavy atom. The monoisotopic (exact) mass is 303 g/mol. The summed E-state index contributed by atoms with van der Waals surface area (Å²) in [6.07, 6.45) is 0. The molecule has 0 spiro atoms. The lowest BCUT2D eigenvalue weighted by Gasteiger charge is -1.99. The van der Waals surface area contributed by atoms with Gasteiger partial charge in [-0.1, -0.05) is 28.1 Å². The van der Waals surface area contributed by atoms with E-state index in [1.165, 1.54) is 0 Å². The van der Waals surface area contributed by atoms with Crippen molar-refractivity contribution in [3.8, 4) is 0 Å². The predicted molar refractivity (Wildman–Crippen MR) is 75.1 cm³/mol. The maximum atomic E-state index is 11.0. The van der Waals surface area contributed by atoms with Crippen LogP contribution >= 0.6 is 15.9 Å². The number of hydrogen-bond donors (Lipinski definition) is 1. The highest BCUT2D eigenvalue weighted by atomic mass is 79.9. The van der Waals surface area contributed by atoms with Gasteiger partial charge < -0.3 is 9.67 Å². The van der Waals surface area contributed by atoms with Gasteiger partial charge in [0.25, 0.3) is 0 Å². The van der Waals surface area contributed by atoms with E-state index < -0.39 is 5.97 Å². The van der Waals surface area contributed by atoms with Gasteiger partial charge in [-0.05, 0) is 24.3 Å². The first-order valence-corrected chi connectivity index (χ1v) is 6.28. The van der Waals surface area contributed by atoms with Crippen LogP contribution in [0.3, 0.4) is 0 Å². The van der Waals surface area contributed by atoms with Crippen molar-refractivity contribution in [1.82, 2.24) is 4.57 Å². The number of aryl methyl sites for hydroxylation is 1. The van der Waals surface area contributed by atoms with E-state index in [9.17, 15) is 4.79 Å². The number of aromatic nitrogens is 1. The minimum absolute atomic E-state index is 0.312. The molecular formula is C14H10BrNO2. The Labute approximate surface area is 112 Å². The molecule has 0 saturated heterocycles. The molecule has 0 fully saturated rings. The lowest BCUT2D eigenvalue weighted by molar-refractivity contribution is 0.0697. The zero-order valence-electron chi connectivity index (χ0n) is 9.64. The minimum atomic E-state index is -0.900. The summed E-state index contributed by atoms with van der Waals surface area (Å²) in [6, 6.07) is 11.3. The summed E-state index contributed by atoms with van der Waals surface area (Å²) in [4.78, 5) is 11.0. The highest BCUT2D eigenvalue weighted by molar-refractivity contribution is 9.10. The maximum absolute atomic E-state index is 11.0. The molecule has 0 atom stereocenters. The van der Waals surface area contributed by atoms with Gasteiger partial charge in [-0.25, -0.2) is 4.79 Å². The second-order valence-electron chi connectivity index (χ2n) is 4.26. The molecular weight excluding hydrogens is 294 g/mol. The Morgan fingerprint density at radius 1 is 1.11 bits per heavy atom. The quantitative estimate of drug-likeness (QED) is 0.743. The number of benzene rings is 2. The first kappa shape index (κ1) is 11.3.